The number of nitrogens with one attached hydrogen (secondary N) is 1. The van der Waals surface area contributed by atoms with Gasteiger partial charge in [-0.3, -0.25) is 9.80 Å². The normalized spacial score (nSPS) is 21.6. The van der Waals surface area contributed by atoms with E-state index in [2.05, 4.69) is 90.0 Å². The van der Waals surface area contributed by atoms with Gasteiger partial charge >= 0.3 is 0 Å². The molecule has 1 aromatic carbocycles. The van der Waals surface area contributed by atoms with Crippen LogP contribution in [0, 0.1) is 6.92 Å². The first kappa shape index (κ1) is 23.2. The minimum absolute atomic E-state index is 0.0434. The Balaban J connectivity index is 1.36. The molecule has 5 rings (SSSR count). The molecule has 4 heterocycles. The Bertz CT molecular complexity index is 1060. The molecule has 184 valence electrons. The Morgan fingerprint density at radius 2 is 1.88 bits per heavy atom. The van der Waals surface area contributed by atoms with E-state index in [1.165, 1.54) is 16.7 Å². The third-order valence-electron chi connectivity index (χ3n) is 7.31. The van der Waals surface area contributed by atoms with Crippen LogP contribution in [0.4, 0.5) is 0 Å². The summed E-state index contributed by atoms with van der Waals surface area (Å²) in [6.45, 7) is 20.3. The van der Waals surface area contributed by atoms with Crippen LogP contribution in [0.2, 0.25) is 0 Å². The molecule has 3 aliphatic rings. The molecule has 2 aromatic rings. The van der Waals surface area contributed by atoms with Crippen molar-refractivity contribution in [2.75, 3.05) is 39.3 Å². The van der Waals surface area contributed by atoms with Crippen LogP contribution in [-0.2, 0) is 6.54 Å². The van der Waals surface area contributed by atoms with E-state index in [0.29, 0.717) is 6.61 Å². The monoisotopic (exact) mass is 465 g/mol. The molecule has 0 amide bonds. The van der Waals surface area contributed by atoms with Gasteiger partial charge in [0.25, 0.3) is 0 Å². The Kier molecular flexibility index (Phi) is 6.06. The van der Waals surface area contributed by atoms with E-state index in [-0.39, 0.29) is 17.7 Å². The van der Waals surface area contributed by atoms with Gasteiger partial charge in [0, 0.05) is 56.1 Å². The van der Waals surface area contributed by atoms with E-state index in [4.69, 9.17) is 4.74 Å². The lowest BCUT2D eigenvalue weighted by Crippen LogP contribution is -2.53. The quantitative estimate of drug-likeness (QED) is 0.743. The molecular weight excluding hydrogens is 426 g/mol. The van der Waals surface area contributed by atoms with Crippen molar-refractivity contribution in [3.8, 4) is 5.75 Å². The molecule has 8 nitrogen and oxygen atoms in total. The van der Waals surface area contributed by atoms with E-state index in [1.807, 2.05) is 4.68 Å². The van der Waals surface area contributed by atoms with Crippen molar-refractivity contribution < 1.29 is 4.74 Å². The van der Waals surface area contributed by atoms with Crippen LogP contribution in [0.1, 0.15) is 69.3 Å². The second-order valence-electron chi connectivity index (χ2n) is 11.0. The van der Waals surface area contributed by atoms with Gasteiger partial charge in [0.05, 0.1) is 12.2 Å². The van der Waals surface area contributed by atoms with Crippen LogP contribution in [0.5, 0.6) is 5.75 Å². The molecule has 1 fully saturated rings. The van der Waals surface area contributed by atoms with Gasteiger partial charge in [0.15, 0.2) is 5.82 Å². The fraction of sp³-hybridized carbons (Fsp3) is 0.615. The smallest absolute Gasteiger partial charge is 0.176 e. The predicted octanol–water partition coefficient (Wildman–Crippen LogP) is 3.38. The van der Waals surface area contributed by atoms with E-state index in [9.17, 15) is 0 Å². The second kappa shape index (κ2) is 8.89. The standard InChI is InChI=1S/C26H39N7O/c1-18(2)33-25(27-17-28-33)22-16-31-11-12-34-23-13-19(3)20(14-21(23)24(31)29-22)15-30-7-9-32(10-8-30)26(4,5)6/h13-14,16-18,24,29H,7-12,15H2,1-6H3. The molecule has 1 atom stereocenters. The lowest BCUT2D eigenvalue weighted by Gasteiger charge is -2.42. The fourth-order valence-corrected chi connectivity index (χ4v) is 5.23. The molecule has 0 bridgehead atoms. The van der Waals surface area contributed by atoms with Gasteiger partial charge in [-0.1, -0.05) is 0 Å². The topological polar surface area (TPSA) is 61.7 Å². The molecule has 1 N–H and O–H groups in total. The van der Waals surface area contributed by atoms with Gasteiger partial charge in [0.1, 0.15) is 24.8 Å². The van der Waals surface area contributed by atoms with Crippen molar-refractivity contribution in [2.24, 2.45) is 0 Å². The number of piperazine rings is 1. The van der Waals surface area contributed by atoms with Crippen molar-refractivity contribution in [2.45, 2.75) is 65.8 Å². The summed E-state index contributed by atoms with van der Waals surface area (Å²) in [7, 11) is 0. The SMILES string of the molecule is Cc1cc2c(cc1CN1CCN(C(C)(C)C)CC1)C1NC(c3ncnn3C(C)C)=CN1CCO2. The maximum absolute atomic E-state index is 6.19. The third kappa shape index (κ3) is 4.41. The number of hydrogen-bond donors (Lipinski definition) is 1. The summed E-state index contributed by atoms with van der Waals surface area (Å²) >= 11 is 0. The Morgan fingerprint density at radius 3 is 2.59 bits per heavy atom. The maximum atomic E-state index is 6.19. The number of aromatic nitrogens is 3. The van der Waals surface area contributed by atoms with Crippen molar-refractivity contribution in [1.82, 2.24) is 34.8 Å². The van der Waals surface area contributed by atoms with Crippen molar-refractivity contribution in [1.29, 1.82) is 0 Å². The first-order chi connectivity index (χ1) is 16.2. The second-order valence-corrected chi connectivity index (χ2v) is 11.0. The molecule has 0 radical (unpaired) electrons. The van der Waals surface area contributed by atoms with Crippen LogP contribution in [-0.4, -0.2) is 74.3 Å². The first-order valence-corrected chi connectivity index (χ1v) is 12.6. The number of nitrogens with zero attached hydrogens (tertiary/aromatic N) is 6. The van der Waals surface area contributed by atoms with Crippen molar-refractivity contribution in [3.05, 3.63) is 47.2 Å². The zero-order valence-electron chi connectivity index (χ0n) is 21.5. The highest BCUT2D eigenvalue weighted by Gasteiger charge is 2.33. The van der Waals surface area contributed by atoms with E-state index in [0.717, 1.165) is 56.5 Å². The van der Waals surface area contributed by atoms with E-state index in [1.54, 1.807) is 6.33 Å². The minimum Gasteiger partial charge on any atom is -0.491 e. The summed E-state index contributed by atoms with van der Waals surface area (Å²) in [5.41, 5.74) is 5.15. The molecule has 1 unspecified atom stereocenters. The molecule has 8 heteroatoms. The van der Waals surface area contributed by atoms with Crippen LogP contribution >= 0.6 is 0 Å². The zero-order chi connectivity index (χ0) is 24.0. The molecule has 0 aliphatic carbocycles. The zero-order valence-corrected chi connectivity index (χ0v) is 21.5. The summed E-state index contributed by atoms with van der Waals surface area (Å²) in [5, 5.41) is 8.15. The Labute approximate surface area is 203 Å². The van der Waals surface area contributed by atoms with Crippen LogP contribution in [0.3, 0.4) is 0 Å². The van der Waals surface area contributed by atoms with Crippen molar-refractivity contribution >= 4 is 5.70 Å². The minimum atomic E-state index is 0.0434. The van der Waals surface area contributed by atoms with Gasteiger partial charge in [-0.2, -0.15) is 5.10 Å². The Hall–Kier alpha value is -2.58. The number of ether oxygens (including phenoxy) is 1. The molecule has 1 aromatic heterocycles. The summed E-state index contributed by atoms with van der Waals surface area (Å²) in [5.74, 6) is 1.87. The van der Waals surface area contributed by atoms with E-state index >= 15 is 0 Å². The van der Waals surface area contributed by atoms with Crippen LogP contribution in [0.25, 0.3) is 5.70 Å². The highest BCUT2D eigenvalue weighted by atomic mass is 16.5. The number of hydrogen-bond acceptors (Lipinski definition) is 7. The molecule has 34 heavy (non-hydrogen) atoms. The predicted molar refractivity (Wildman–Crippen MR) is 134 cm³/mol. The van der Waals surface area contributed by atoms with Crippen molar-refractivity contribution in [3.63, 3.8) is 0 Å². The number of rotatable bonds is 4. The van der Waals surface area contributed by atoms with Gasteiger partial charge in [-0.25, -0.2) is 9.67 Å². The molecule has 0 saturated carbocycles. The lowest BCUT2D eigenvalue weighted by molar-refractivity contribution is 0.0590. The number of fused-ring (bicyclic) bond motifs is 3. The highest BCUT2D eigenvalue weighted by molar-refractivity contribution is 5.62. The third-order valence-corrected chi connectivity index (χ3v) is 7.31. The average Bonchev–Trinajstić information content (AvgIpc) is 3.39. The van der Waals surface area contributed by atoms with E-state index < -0.39 is 0 Å². The number of benzene rings is 1. The fourth-order valence-electron chi connectivity index (χ4n) is 5.23. The number of aryl methyl sites for hydroxylation is 1. The first-order valence-electron chi connectivity index (χ1n) is 12.6. The summed E-state index contributed by atoms with van der Waals surface area (Å²) in [6, 6.07) is 4.85. The molecule has 1 saturated heterocycles. The lowest BCUT2D eigenvalue weighted by atomic mass is 10.0. The largest absolute Gasteiger partial charge is 0.491 e. The molecular formula is C26H39N7O. The van der Waals surface area contributed by atoms with Crippen LogP contribution < -0.4 is 10.1 Å². The van der Waals surface area contributed by atoms with Gasteiger partial charge < -0.3 is 15.0 Å². The maximum Gasteiger partial charge on any atom is 0.176 e. The summed E-state index contributed by atoms with van der Waals surface area (Å²) in [4.78, 5) is 12.1. The molecule has 3 aliphatic heterocycles. The van der Waals surface area contributed by atoms with Gasteiger partial charge in [0.2, 0.25) is 0 Å². The molecule has 0 spiro atoms. The van der Waals surface area contributed by atoms with Gasteiger partial charge in [-0.05, 0) is 64.8 Å². The van der Waals surface area contributed by atoms with Crippen LogP contribution in [0.15, 0.2) is 24.7 Å². The summed E-state index contributed by atoms with van der Waals surface area (Å²) < 4.78 is 8.16. The highest BCUT2D eigenvalue weighted by Crippen LogP contribution is 2.38. The Morgan fingerprint density at radius 1 is 1.12 bits per heavy atom. The van der Waals surface area contributed by atoms with Gasteiger partial charge in [-0.15, -0.1) is 0 Å². The average molecular weight is 466 g/mol. The summed E-state index contributed by atoms with van der Waals surface area (Å²) in [6.07, 6.45) is 3.86.